The third-order valence-corrected chi connectivity index (χ3v) is 4.37. The third-order valence-electron chi connectivity index (χ3n) is 4.37. The highest BCUT2D eigenvalue weighted by Gasteiger charge is 2.39. The molecule has 1 heterocycles. The van der Waals surface area contributed by atoms with E-state index in [1.807, 2.05) is 6.92 Å². The van der Waals surface area contributed by atoms with E-state index in [4.69, 9.17) is 14.7 Å². The van der Waals surface area contributed by atoms with Crippen LogP contribution in [0.5, 0.6) is 0 Å². The molecule has 0 aromatic carbocycles. The quantitative estimate of drug-likeness (QED) is 0.873. The van der Waals surface area contributed by atoms with Gasteiger partial charge < -0.3 is 10.1 Å². The van der Waals surface area contributed by atoms with Gasteiger partial charge in [0.05, 0.1) is 5.69 Å². The Bertz CT molecular complexity index is 453. The Kier molecular flexibility index (Phi) is 5.71. The van der Waals surface area contributed by atoms with Crippen LogP contribution in [0, 0.1) is 12.8 Å². The van der Waals surface area contributed by atoms with E-state index in [1.165, 1.54) is 12.8 Å². The number of rotatable bonds is 6. The lowest BCUT2D eigenvalue weighted by atomic mass is 9.78. The summed E-state index contributed by atoms with van der Waals surface area (Å²) in [5.74, 6) is 1.67. The lowest BCUT2D eigenvalue weighted by molar-refractivity contribution is -0.0839. The molecule has 1 aromatic heterocycles. The molecule has 0 unspecified atom stereocenters. The summed E-state index contributed by atoms with van der Waals surface area (Å²) in [7, 11) is 0. The largest absolute Gasteiger partial charge is 0.367 e. The topological polar surface area (TPSA) is 47.0 Å². The van der Waals surface area contributed by atoms with Crippen molar-refractivity contribution in [1.82, 2.24) is 15.3 Å². The Labute approximate surface area is 128 Å². The Morgan fingerprint density at radius 1 is 1.29 bits per heavy atom. The Hall–Kier alpha value is -1.00. The molecule has 1 fully saturated rings. The van der Waals surface area contributed by atoms with Crippen LogP contribution in [0.4, 0.5) is 0 Å². The van der Waals surface area contributed by atoms with Gasteiger partial charge in [0.2, 0.25) is 0 Å². The molecule has 1 N–H and O–H groups in total. The third kappa shape index (κ3) is 4.01. The van der Waals surface area contributed by atoms with Gasteiger partial charge in [-0.05, 0) is 58.1 Å². The van der Waals surface area contributed by atoms with Crippen molar-refractivity contribution in [1.29, 1.82) is 0 Å². The molecule has 1 saturated carbocycles. The van der Waals surface area contributed by atoms with E-state index in [1.54, 1.807) is 0 Å². The van der Waals surface area contributed by atoms with Gasteiger partial charge in [-0.15, -0.1) is 0 Å². The van der Waals surface area contributed by atoms with E-state index < -0.39 is 0 Å². The molecule has 118 valence electrons. The summed E-state index contributed by atoms with van der Waals surface area (Å²) in [5, 5.41) is 3.34. The van der Waals surface area contributed by atoms with Crippen LogP contribution in [0.3, 0.4) is 0 Å². The standard InChI is InChI=1S/C17H29N3O/c1-5-18-12-15-11-14(4)19-16(20-15)17(21-6-2)9-7-13(3)8-10-17/h11,13,18H,5-10,12H2,1-4H3. The molecule has 4 heteroatoms. The van der Waals surface area contributed by atoms with Crippen LogP contribution in [-0.2, 0) is 16.9 Å². The molecule has 1 aliphatic rings. The first-order valence-corrected chi connectivity index (χ1v) is 8.29. The molecule has 0 bridgehead atoms. The van der Waals surface area contributed by atoms with Gasteiger partial charge >= 0.3 is 0 Å². The van der Waals surface area contributed by atoms with Gasteiger partial charge in [0.25, 0.3) is 0 Å². The predicted molar refractivity (Wildman–Crippen MR) is 85.1 cm³/mol. The SMILES string of the molecule is CCNCc1cc(C)nc(C2(OCC)CCC(C)CC2)n1. The van der Waals surface area contributed by atoms with Crippen molar-refractivity contribution >= 4 is 0 Å². The van der Waals surface area contributed by atoms with E-state index in [0.29, 0.717) is 6.61 Å². The zero-order valence-electron chi connectivity index (χ0n) is 13.9. The number of aryl methyl sites for hydroxylation is 1. The fourth-order valence-electron chi connectivity index (χ4n) is 3.12. The summed E-state index contributed by atoms with van der Waals surface area (Å²) in [5.41, 5.74) is 1.83. The van der Waals surface area contributed by atoms with Crippen LogP contribution in [0.15, 0.2) is 6.07 Å². The average Bonchev–Trinajstić information content (AvgIpc) is 2.47. The first kappa shape index (κ1) is 16.4. The highest BCUT2D eigenvalue weighted by atomic mass is 16.5. The molecule has 0 spiro atoms. The maximum atomic E-state index is 6.17. The zero-order chi connectivity index (χ0) is 15.3. The normalized spacial score (nSPS) is 26.0. The number of nitrogens with one attached hydrogen (secondary N) is 1. The summed E-state index contributed by atoms with van der Waals surface area (Å²) in [6.07, 6.45) is 4.46. The second kappa shape index (κ2) is 7.32. The van der Waals surface area contributed by atoms with Gasteiger partial charge in [0.1, 0.15) is 5.60 Å². The van der Waals surface area contributed by atoms with E-state index >= 15 is 0 Å². The van der Waals surface area contributed by atoms with Crippen LogP contribution >= 0.6 is 0 Å². The second-order valence-corrected chi connectivity index (χ2v) is 6.21. The van der Waals surface area contributed by atoms with Gasteiger partial charge in [-0.25, -0.2) is 9.97 Å². The predicted octanol–water partition coefficient (Wildman–Crippen LogP) is 3.34. The molecule has 1 aliphatic carbocycles. The summed E-state index contributed by atoms with van der Waals surface area (Å²) in [6, 6.07) is 2.07. The van der Waals surface area contributed by atoms with E-state index in [0.717, 1.165) is 49.1 Å². The van der Waals surface area contributed by atoms with Crippen LogP contribution in [0.1, 0.15) is 63.7 Å². The Balaban J connectivity index is 2.29. The second-order valence-electron chi connectivity index (χ2n) is 6.21. The highest BCUT2D eigenvalue weighted by Crippen LogP contribution is 2.41. The van der Waals surface area contributed by atoms with Gasteiger partial charge in [-0.1, -0.05) is 13.8 Å². The smallest absolute Gasteiger partial charge is 0.160 e. The molecule has 21 heavy (non-hydrogen) atoms. The summed E-state index contributed by atoms with van der Waals surface area (Å²) in [6.45, 7) is 11.0. The lowest BCUT2D eigenvalue weighted by Crippen LogP contribution is -2.36. The minimum atomic E-state index is -0.270. The molecule has 2 rings (SSSR count). The highest BCUT2D eigenvalue weighted by molar-refractivity contribution is 5.15. The number of hydrogen-bond acceptors (Lipinski definition) is 4. The van der Waals surface area contributed by atoms with Crippen molar-refractivity contribution in [2.75, 3.05) is 13.2 Å². The Morgan fingerprint density at radius 2 is 2.00 bits per heavy atom. The molecule has 0 aliphatic heterocycles. The van der Waals surface area contributed by atoms with Crippen molar-refractivity contribution in [3.8, 4) is 0 Å². The van der Waals surface area contributed by atoms with Gasteiger partial charge in [0, 0.05) is 18.8 Å². The van der Waals surface area contributed by atoms with Gasteiger partial charge in [0.15, 0.2) is 5.82 Å². The first-order valence-electron chi connectivity index (χ1n) is 8.29. The van der Waals surface area contributed by atoms with Gasteiger partial charge in [-0.3, -0.25) is 0 Å². The van der Waals surface area contributed by atoms with Crippen LogP contribution in [0.25, 0.3) is 0 Å². The summed E-state index contributed by atoms with van der Waals surface area (Å²) >= 11 is 0. The Morgan fingerprint density at radius 3 is 2.62 bits per heavy atom. The van der Waals surface area contributed by atoms with Crippen LogP contribution in [0.2, 0.25) is 0 Å². The van der Waals surface area contributed by atoms with E-state index in [9.17, 15) is 0 Å². The fraction of sp³-hybridized carbons (Fsp3) is 0.765. The molecule has 0 atom stereocenters. The monoisotopic (exact) mass is 291 g/mol. The number of nitrogens with zero attached hydrogens (tertiary/aromatic N) is 2. The molecule has 0 saturated heterocycles. The average molecular weight is 291 g/mol. The van der Waals surface area contributed by atoms with E-state index in [-0.39, 0.29) is 5.60 Å². The fourth-order valence-corrected chi connectivity index (χ4v) is 3.12. The summed E-state index contributed by atoms with van der Waals surface area (Å²) < 4.78 is 6.17. The van der Waals surface area contributed by atoms with Crippen molar-refractivity contribution in [3.63, 3.8) is 0 Å². The van der Waals surface area contributed by atoms with Crippen molar-refractivity contribution in [2.24, 2.45) is 5.92 Å². The minimum absolute atomic E-state index is 0.270. The lowest BCUT2D eigenvalue weighted by Gasteiger charge is -2.38. The first-order chi connectivity index (χ1) is 10.1. The van der Waals surface area contributed by atoms with E-state index in [2.05, 4.69) is 32.2 Å². The minimum Gasteiger partial charge on any atom is -0.367 e. The van der Waals surface area contributed by atoms with Crippen molar-refractivity contribution in [2.45, 2.75) is 65.5 Å². The van der Waals surface area contributed by atoms with Crippen molar-refractivity contribution < 1.29 is 4.74 Å². The van der Waals surface area contributed by atoms with Crippen LogP contribution < -0.4 is 5.32 Å². The molecular weight excluding hydrogens is 262 g/mol. The number of hydrogen-bond donors (Lipinski definition) is 1. The number of aromatic nitrogens is 2. The molecule has 0 amide bonds. The molecule has 4 nitrogen and oxygen atoms in total. The summed E-state index contributed by atoms with van der Waals surface area (Å²) in [4.78, 5) is 9.53. The maximum Gasteiger partial charge on any atom is 0.160 e. The van der Waals surface area contributed by atoms with Crippen LogP contribution in [-0.4, -0.2) is 23.1 Å². The molecule has 1 aromatic rings. The van der Waals surface area contributed by atoms with Gasteiger partial charge in [-0.2, -0.15) is 0 Å². The molecule has 0 radical (unpaired) electrons. The van der Waals surface area contributed by atoms with Crippen molar-refractivity contribution in [3.05, 3.63) is 23.3 Å². The zero-order valence-corrected chi connectivity index (χ0v) is 13.9. The number of ether oxygens (including phenoxy) is 1. The maximum absolute atomic E-state index is 6.17. The molecular formula is C17H29N3O.